The van der Waals surface area contributed by atoms with Crippen molar-refractivity contribution in [2.24, 2.45) is 0 Å². The van der Waals surface area contributed by atoms with Crippen LogP contribution in [0.3, 0.4) is 0 Å². The molecule has 0 aromatic heterocycles. The SMILES string of the molecule is C[C@@H]1CN(S(=O)(=O)CCNC(=O)c2cccc(Br)c2)C[C@@H](C)O1. The fraction of sp³-hybridized carbons (Fsp3) is 0.533. The van der Waals surface area contributed by atoms with E-state index in [1.54, 1.807) is 18.2 Å². The van der Waals surface area contributed by atoms with Crippen LogP contribution in [0.25, 0.3) is 0 Å². The number of morpholine rings is 1. The van der Waals surface area contributed by atoms with E-state index in [0.717, 1.165) is 4.47 Å². The molecule has 1 aromatic carbocycles. The summed E-state index contributed by atoms with van der Waals surface area (Å²) in [5, 5.41) is 2.65. The molecule has 128 valence electrons. The van der Waals surface area contributed by atoms with Gasteiger partial charge in [-0.05, 0) is 32.0 Å². The van der Waals surface area contributed by atoms with Crippen molar-refractivity contribution in [3.8, 4) is 0 Å². The number of rotatable bonds is 5. The molecule has 6 nitrogen and oxygen atoms in total. The first-order chi connectivity index (χ1) is 10.8. The molecule has 1 heterocycles. The monoisotopic (exact) mass is 404 g/mol. The van der Waals surface area contributed by atoms with Gasteiger partial charge >= 0.3 is 0 Å². The predicted molar refractivity (Wildman–Crippen MR) is 91.8 cm³/mol. The standard InChI is InChI=1S/C15H21BrN2O4S/c1-11-9-18(10-12(2)22-11)23(20,21)7-6-17-15(19)13-4-3-5-14(16)8-13/h3-5,8,11-12H,6-7,9-10H2,1-2H3,(H,17,19)/t11-,12-/m1/s1. The van der Waals surface area contributed by atoms with Gasteiger partial charge in [-0.1, -0.05) is 22.0 Å². The first kappa shape index (κ1) is 18.4. The number of halogens is 1. The number of carbonyl (C=O) groups excluding carboxylic acids is 1. The number of benzene rings is 1. The van der Waals surface area contributed by atoms with Crippen molar-refractivity contribution >= 4 is 31.9 Å². The molecule has 23 heavy (non-hydrogen) atoms. The van der Waals surface area contributed by atoms with Crippen molar-refractivity contribution in [2.45, 2.75) is 26.1 Å². The molecule has 1 aliphatic heterocycles. The topological polar surface area (TPSA) is 75.7 Å². The van der Waals surface area contributed by atoms with Crippen molar-refractivity contribution in [2.75, 3.05) is 25.4 Å². The molecule has 1 aromatic rings. The summed E-state index contributed by atoms with van der Waals surface area (Å²) in [5.74, 6) is -0.406. The number of nitrogens with one attached hydrogen (secondary N) is 1. The number of hydrogen-bond acceptors (Lipinski definition) is 4. The zero-order chi connectivity index (χ0) is 17.0. The molecule has 1 saturated heterocycles. The summed E-state index contributed by atoms with van der Waals surface area (Å²) in [6.07, 6.45) is -0.241. The summed E-state index contributed by atoms with van der Waals surface area (Å²) in [6, 6.07) is 6.95. The van der Waals surface area contributed by atoms with E-state index >= 15 is 0 Å². The Morgan fingerprint density at radius 1 is 1.35 bits per heavy atom. The van der Waals surface area contributed by atoms with Crippen LogP contribution in [0.2, 0.25) is 0 Å². The van der Waals surface area contributed by atoms with E-state index in [1.165, 1.54) is 4.31 Å². The fourth-order valence-corrected chi connectivity index (χ4v) is 4.40. The molecule has 1 aliphatic rings. The highest BCUT2D eigenvalue weighted by Gasteiger charge is 2.30. The van der Waals surface area contributed by atoms with E-state index in [4.69, 9.17) is 4.74 Å². The van der Waals surface area contributed by atoms with E-state index in [9.17, 15) is 13.2 Å². The molecule has 1 N–H and O–H groups in total. The quantitative estimate of drug-likeness (QED) is 0.808. The maximum atomic E-state index is 12.4. The summed E-state index contributed by atoms with van der Waals surface area (Å²) in [5.41, 5.74) is 0.491. The van der Waals surface area contributed by atoms with Crippen molar-refractivity contribution in [3.63, 3.8) is 0 Å². The first-order valence-corrected chi connectivity index (χ1v) is 9.85. The van der Waals surface area contributed by atoms with Crippen LogP contribution in [-0.4, -0.2) is 56.2 Å². The third-order valence-corrected chi connectivity index (χ3v) is 5.81. The van der Waals surface area contributed by atoms with Gasteiger partial charge in [-0.25, -0.2) is 8.42 Å². The van der Waals surface area contributed by atoms with Crippen LogP contribution in [0, 0.1) is 0 Å². The van der Waals surface area contributed by atoms with Gasteiger partial charge in [0, 0.05) is 29.7 Å². The average Bonchev–Trinajstić information content (AvgIpc) is 2.46. The molecular weight excluding hydrogens is 384 g/mol. The first-order valence-electron chi connectivity index (χ1n) is 7.45. The number of amides is 1. The normalized spacial score (nSPS) is 22.7. The van der Waals surface area contributed by atoms with Crippen molar-refractivity contribution in [1.29, 1.82) is 0 Å². The van der Waals surface area contributed by atoms with Gasteiger partial charge in [0.1, 0.15) is 0 Å². The number of hydrogen-bond donors (Lipinski definition) is 1. The lowest BCUT2D eigenvalue weighted by Gasteiger charge is -2.34. The Balaban J connectivity index is 1.88. The molecular formula is C15H21BrN2O4S. The lowest BCUT2D eigenvalue weighted by atomic mass is 10.2. The van der Waals surface area contributed by atoms with Crippen molar-refractivity contribution in [1.82, 2.24) is 9.62 Å². The lowest BCUT2D eigenvalue weighted by Crippen LogP contribution is -2.49. The van der Waals surface area contributed by atoms with Gasteiger partial charge < -0.3 is 10.1 Å². The Morgan fingerprint density at radius 3 is 2.61 bits per heavy atom. The Labute approximate surface area is 145 Å². The van der Waals surface area contributed by atoms with E-state index in [2.05, 4.69) is 21.2 Å². The van der Waals surface area contributed by atoms with Gasteiger partial charge in [0.05, 0.1) is 18.0 Å². The summed E-state index contributed by atoms with van der Waals surface area (Å²) < 4.78 is 32.5. The van der Waals surface area contributed by atoms with Crippen LogP contribution in [0.1, 0.15) is 24.2 Å². The van der Waals surface area contributed by atoms with Crippen LogP contribution < -0.4 is 5.32 Å². The molecule has 1 amide bonds. The lowest BCUT2D eigenvalue weighted by molar-refractivity contribution is -0.0440. The smallest absolute Gasteiger partial charge is 0.251 e. The second kappa shape index (κ2) is 7.74. The maximum Gasteiger partial charge on any atom is 0.251 e. The summed E-state index contributed by atoms with van der Waals surface area (Å²) >= 11 is 3.30. The van der Waals surface area contributed by atoms with Gasteiger partial charge in [-0.2, -0.15) is 4.31 Å². The molecule has 2 atom stereocenters. The Bertz CT molecular complexity index is 655. The summed E-state index contributed by atoms with van der Waals surface area (Å²) in [4.78, 5) is 12.0. The number of ether oxygens (including phenoxy) is 1. The molecule has 0 saturated carbocycles. The molecule has 8 heteroatoms. The van der Waals surface area contributed by atoms with E-state index in [0.29, 0.717) is 18.7 Å². The Hall–Kier alpha value is -0.960. The second-order valence-corrected chi connectivity index (χ2v) is 8.66. The zero-order valence-corrected chi connectivity index (χ0v) is 15.6. The highest BCUT2D eigenvalue weighted by molar-refractivity contribution is 9.10. The molecule has 0 aliphatic carbocycles. The fourth-order valence-electron chi connectivity index (χ4n) is 2.51. The third kappa shape index (κ3) is 5.27. The van der Waals surface area contributed by atoms with Gasteiger partial charge in [0.15, 0.2) is 0 Å². The predicted octanol–water partition coefficient (Wildman–Crippen LogP) is 1.62. The second-order valence-electron chi connectivity index (χ2n) is 5.66. The van der Waals surface area contributed by atoms with Gasteiger partial charge in [0.25, 0.3) is 5.91 Å². The van der Waals surface area contributed by atoms with Gasteiger partial charge in [-0.15, -0.1) is 0 Å². The summed E-state index contributed by atoms with van der Waals surface area (Å²) in [6.45, 7) is 4.49. The molecule has 2 rings (SSSR count). The highest BCUT2D eigenvalue weighted by atomic mass is 79.9. The number of sulfonamides is 1. The largest absolute Gasteiger partial charge is 0.373 e. The van der Waals surface area contributed by atoms with Gasteiger partial charge in [0.2, 0.25) is 10.0 Å². The molecule has 0 bridgehead atoms. The minimum Gasteiger partial charge on any atom is -0.373 e. The Kier molecular flexibility index (Phi) is 6.19. The van der Waals surface area contributed by atoms with E-state index < -0.39 is 10.0 Å². The molecule has 0 spiro atoms. The van der Waals surface area contributed by atoms with Crippen molar-refractivity contribution in [3.05, 3.63) is 34.3 Å². The van der Waals surface area contributed by atoms with Crippen LogP contribution in [-0.2, 0) is 14.8 Å². The van der Waals surface area contributed by atoms with Crippen LogP contribution in [0.4, 0.5) is 0 Å². The summed E-state index contributed by atoms with van der Waals surface area (Å²) in [7, 11) is -3.41. The molecule has 1 fully saturated rings. The number of nitrogens with zero attached hydrogens (tertiary/aromatic N) is 1. The van der Waals surface area contributed by atoms with Crippen LogP contribution in [0.5, 0.6) is 0 Å². The highest BCUT2D eigenvalue weighted by Crippen LogP contribution is 2.15. The van der Waals surface area contributed by atoms with Crippen molar-refractivity contribution < 1.29 is 17.9 Å². The maximum absolute atomic E-state index is 12.4. The minimum absolute atomic E-state index is 0.0772. The zero-order valence-electron chi connectivity index (χ0n) is 13.2. The third-order valence-electron chi connectivity index (χ3n) is 3.51. The van der Waals surface area contributed by atoms with E-state index in [-0.39, 0.29) is 30.4 Å². The van der Waals surface area contributed by atoms with Gasteiger partial charge in [-0.3, -0.25) is 4.79 Å². The minimum atomic E-state index is -3.41. The molecule has 0 unspecified atom stereocenters. The Morgan fingerprint density at radius 2 is 2.00 bits per heavy atom. The number of carbonyl (C=O) groups is 1. The van der Waals surface area contributed by atoms with Crippen LogP contribution in [0.15, 0.2) is 28.7 Å². The average molecular weight is 405 g/mol. The molecule has 0 radical (unpaired) electrons. The van der Waals surface area contributed by atoms with E-state index in [1.807, 2.05) is 19.9 Å². The van der Waals surface area contributed by atoms with Crippen LogP contribution >= 0.6 is 15.9 Å².